The van der Waals surface area contributed by atoms with Crippen molar-refractivity contribution in [2.24, 2.45) is 0 Å². The largest absolute Gasteiger partial charge is 0.493 e. The highest BCUT2D eigenvalue weighted by molar-refractivity contribution is 5.62. The van der Waals surface area contributed by atoms with Gasteiger partial charge in [-0.05, 0) is 48.2 Å². The Morgan fingerprint density at radius 3 is 2.46 bits per heavy atom. The van der Waals surface area contributed by atoms with Crippen molar-refractivity contribution in [2.45, 2.75) is 19.9 Å². The minimum atomic E-state index is 0.757. The van der Waals surface area contributed by atoms with Crippen LogP contribution in [-0.2, 0) is 13.0 Å². The molecule has 0 aliphatic carbocycles. The number of nitrogens with zero attached hydrogens (tertiary/aromatic N) is 3. The molecule has 0 spiro atoms. The van der Waals surface area contributed by atoms with Gasteiger partial charge in [-0.1, -0.05) is 18.2 Å². The molecule has 0 unspecified atom stereocenters. The van der Waals surface area contributed by atoms with E-state index in [1.54, 1.807) is 20.5 Å². The van der Waals surface area contributed by atoms with Crippen LogP contribution in [-0.4, -0.2) is 30.7 Å². The lowest BCUT2D eigenvalue weighted by Crippen LogP contribution is -2.31. The van der Waals surface area contributed by atoms with E-state index < -0.39 is 0 Å². The van der Waals surface area contributed by atoms with Crippen molar-refractivity contribution in [1.29, 1.82) is 0 Å². The standard InChI is InChI=1S/C22H24N4O2/c1-15-6-4-5-7-18(15)25-21-12-22(24-14-23-21)26-9-8-16-10-19(27-2)20(28-3)11-17(16)13-26/h4-7,10-12,14H,8-9,13H2,1-3H3,(H,23,24,25). The highest BCUT2D eigenvalue weighted by Crippen LogP contribution is 2.34. The van der Waals surface area contributed by atoms with Gasteiger partial charge in [0.15, 0.2) is 11.5 Å². The molecule has 0 radical (unpaired) electrons. The van der Waals surface area contributed by atoms with Gasteiger partial charge >= 0.3 is 0 Å². The van der Waals surface area contributed by atoms with Gasteiger partial charge in [0.25, 0.3) is 0 Å². The van der Waals surface area contributed by atoms with Gasteiger partial charge in [-0.2, -0.15) is 0 Å². The summed E-state index contributed by atoms with van der Waals surface area (Å²) in [6.07, 6.45) is 2.54. The number of methoxy groups -OCH3 is 2. The quantitative estimate of drug-likeness (QED) is 0.723. The van der Waals surface area contributed by atoms with E-state index in [0.29, 0.717) is 0 Å². The zero-order chi connectivity index (χ0) is 19.5. The van der Waals surface area contributed by atoms with Crippen molar-refractivity contribution in [2.75, 3.05) is 31.0 Å². The van der Waals surface area contributed by atoms with Gasteiger partial charge in [0.05, 0.1) is 14.2 Å². The van der Waals surface area contributed by atoms with Crippen LogP contribution in [0, 0.1) is 6.92 Å². The van der Waals surface area contributed by atoms with Crippen LogP contribution in [0.1, 0.15) is 16.7 Å². The molecular weight excluding hydrogens is 352 g/mol. The van der Waals surface area contributed by atoms with Crippen molar-refractivity contribution < 1.29 is 9.47 Å². The second-order valence-corrected chi connectivity index (χ2v) is 6.85. The van der Waals surface area contributed by atoms with Gasteiger partial charge in [-0.25, -0.2) is 9.97 Å². The molecule has 4 rings (SSSR count). The molecule has 144 valence electrons. The smallest absolute Gasteiger partial charge is 0.161 e. The van der Waals surface area contributed by atoms with Crippen molar-refractivity contribution in [1.82, 2.24) is 9.97 Å². The maximum absolute atomic E-state index is 5.46. The summed E-state index contributed by atoms with van der Waals surface area (Å²) in [7, 11) is 3.34. The first-order chi connectivity index (χ1) is 13.7. The second-order valence-electron chi connectivity index (χ2n) is 6.85. The summed E-state index contributed by atoms with van der Waals surface area (Å²) in [6, 6.07) is 14.3. The van der Waals surface area contributed by atoms with Gasteiger partial charge in [0.2, 0.25) is 0 Å². The molecule has 2 heterocycles. The minimum absolute atomic E-state index is 0.757. The van der Waals surface area contributed by atoms with E-state index in [-0.39, 0.29) is 0 Å². The summed E-state index contributed by atoms with van der Waals surface area (Å²) < 4.78 is 10.9. The van der Waals surface area contributed by atoms with Crippen LogP contribution in [0.25, 0.3) is 0 Å². The van der Waals surface area contributed by atoms with Crippen molar-refractivity contribution in [3.05, 3.63) is 65.5 Å². The number of fused-ring (bicyclic) bond motifs is 1. The van der Waals surface area contributed by atoms with Crippen LogP contribution >= 0.6 is 0 Å². The maximum atomic E-state index is 5.46. The average Bonchev–Trinajstić information content (AvgIpc) is 2.74. The fourth-order valence-corrected chi connectivity index (χ4v) is 3.52. The second kappa shape index (κ2) is 7.76. The number of aromatic nitrogens is 2. The molecule has 0 saturated heterocycles. The molecule has 1 aliphatic rings. The third-order valence-electron chi connectivity index (χ3n) is 5.10. The molecular formula is C22H24N4O2. The summed E-state index contributed by atoms with van der Waals surface area (Å²) in [5.41, 5.74) is 4.75. The number of benzene rings is 2. The fourth-order valence-electron chi connectivity index (χ4n) is 3.52. The van der Waals surface area contributed by atoms with Crippen LogP contribution in [0.3, 0.4) is 0 Å². The Kier molecular flexibility index (Phi) is 5.02. The molecule has 3 aromatic rings. The topological polar surface area (TPSA) is 59.5 Å². The minimum Gasteiger partial charge on any atom is -0.493 e. The SMILES string of the molecule is COc1cc2c(cc1OC)CN(c1cc(Nc3ccccc3C)ncn1)CC2. The number of hydrogen-bond acceptors (Lipinski definition) is 6. The summed E-state index contributed by atoms with van der Waals surface area (Å²) in [4.78, 5) is 11.1. The van der Waals surface area contributed by atoms with E-state index in [1.807, 2.05) is 24.3 Å². The van der Waals surface area contributed by atoms with Crippen LogP contribution in [0.5, 0.6) is 11.5 Å². The maximum Gasteiger partial charge on any atom is 0.161 e. The average molecular weight is 376 g/mol. The predicted molar refractivity (Wildman–Crippen MR) is 111 cm³/mol. The number of aryl methyl sites for hydroxylation is 1. The number of nitrogens with one attached hydrogen (secondary N) is 1. The van der Waals surface area contributed by atoms with Gasteiger partial charge in [0, 0.05) is 24.8 Å². The summed E-state index contributed by atoms with van der Waals surface area (Å²) in [5.74, 6) is 3.23. The Morgan fingerprint density at radius 2 is 1.71 bits per heavy atom. The molecule has 28 heavy (non-hydrogen) atoms. The molecule has 0 bridgehead atoms. The first-order valence-electron chi connectivity index (χ1n) is 9.31. The number of ether oxygens (including phenoxy) is 2. The summed E-state index contributed by atoms with van der Waals surface area (Å²) in [6.45, 7) is 3.74. The normalized spacial score (nSPS) is 13.0. The number of rotatable bonds is 5. The first kappa shape index (κ1) is 18.1. The van der Waals surface area contributed by atoms with E-state index in [1.165, 1.54) is 16.7 Å². The van der Waals surface area contributed by atoms with Gasteiger partial charge in [0.1, 0.15) is 18.0 Å². The van der Waals surface area contributed by atoms with Crippen LogP contribution < -0.4 is 19.7 Å². The fraction of sp³-hybridized carbons (Fsp3) is 0.273. The van der Waals surface area contributed by atoms with E-state index in [2.05, 4.69) is 45.3 Å². The van der Waals surface area contributed by atoms with E-state index >= 15 is 0 Å². The third-order valence-corrected chi connectivity index (χ3v) is 5.10. The highest BCUT2D eigenvalue weighted by atomic mass is 16.5. The van der Waals surface area contributed by atoms with Gasteiger partial charge in [-0.15, -0.1) is 0 Å². The Bertz CT molecular complexity index is 990. The van der Waals surface area contributed by atoms with E-state index in [4.69, 9.17) is 9.47 Å². The van der Waals surface area contributed by atoms with E-state index in [0.717, 1.165) is 48.3 Å². The molecule has 1 N–H and O–H groups in total. The molecule has 0 saturated carbocycles. The number of anilines is 3. The molecule has 0 fully saturated rings. The number of para-hydroxylation sites is 1. The molecule has 0 atom stereocenters. The van der Waals surface area contributed by atoms with Crippen LogP contribution in [0.2, 0.25) is 0 Å². The van der Waals surface area contributed by atoms with Crippen LogP contribution in [0.15, 0.2) is 48.8 Å². The summed E-state index contributed by atoms with van der Waals surface area (Å²) >= 11 is 0. The Morgan fingerprint density at radius 1 is 0.964 bits per heavy atom. The lowest BCUT2D eigenvalue weighted by Gasteiger charge is -2.30. The van der Waals surface area contributed by atoms with Crippen LogP contribution in [0.4, 0.5) is 17.3 Å². The molecule has 0 amide bonds. The Hall–Kier alpha value is -3.28. The monoisotopic (exact) mass is 376 g/mol. The predicted octanol–water partition coefficient (Wildman–Crippen LogP) is 4.11. The lowest BCUT2D eigenvalue weighted by atomic mass is 9.99. The van der Waals surface area contributed by atoms with Crippen molar-refractivity contribution in [3.63, 3.8) is 0 Å². The molecule has 1 aliphatic heterocycles. The Labute approximate surface area is 165 Å². The zero-order valence-electron chi connectivity index (χ0n) is 16.4. The van der Waals surface area contributed by atoms with Crippen molar-refractivity contribution >= 4 is 17.3 Å². The van der Waals surface area contributed by atoms with E-state index in [9.17, 15) is 0 Å². The lowest BCUT2D eigenvalue weighted by molar-refractivity contribution is 0.353. The van der Waals surface area contributed by atoms with Gasteiger partial charge in [-0.3, -0.25) is 0 Å². The molecule has 1 aromatic heterocycles. The number of hydrogen-bond donors (Lipinski definition) is 1. The third kappa shape index (κ3) is 3.58. The highest BCUT2D eigenvalue weighted by Gasteiger charge is 2.20. The molecule has 6 nitrogen and oxygen atoms in total. The van der Waals surface area contributed by atoms with Crippen molar-refractivity contribution in [3.8, 4) is 11.5 Å². The first-order valence-corrected chi connectivity index (χ1v) is 9.31. The summed E-state index contributed by atoms with van der Waals surface area (Å²) in [5, 5.41) is 3.39. The van der Waals surface area contributed by atoms with Gasteiger partial charge < -0.3 is 19.7 Å². The molecule has 2 aromatic carbocycles. The molecule has 6 heteroatoms. The Balaban J connectivity index is 1.57. The zero-order valence-corrected chi connectivity index (χ0v) is 16.4.